The van der Waals surface area contributed by atoms with Crippen LogP contribution in [0.1, 0.15) is 62.3 Å². The van der Waals surface area contributed by atoms with Gasteiger partial charge in [-0.2, -0.15) is 0 Å². The Morgan fingerprint density at radius 2 is 1.07 bits per heavy atom. The average molecular weight is 1010 g/mol. The van der Waals surface area contributed by atoms with Gasteiger partial charge >= 0.3 is 11.9 Å². The standard InChI is InChI=1S/C21H23Br2NO4.C20H19Br2NO4/c1-13(2)8-19(25)24-16-5-3-4-15(9-16)12-28-21-17(22)10-14(11-18(21)23)6-7-20(26)27;1-2-4-18(24)23-15-6-3-5-14(9-15)12-27-20-16(21)10-13(11-17(20)22)7-8-19(25)26/h3-5,9-11,13H,6-8,12H2,1-2H3,(H,24,25)(H,26,27);2-6,9-11H,7-8,12H2,1H3,(H,23,24)(H,25,26)/b;4-2+. The lowest BCUT2D eigenvalue weighted by atomic mass is 10.1. The number of carbonyl (C=O) groups is 4. The molecule has 0 spiro atoms. The van der Waals surface area contributed by atoms with Crippen molar-refractivity contribution in [2.75, 3.05) is 10.6 Å². The van der Waals surface area contributed by atoms with Crippen molar-refractivity contribution in [3.05, 3.63) is 125 Å². The van der Waals surface area contributed by atoms with Crippen LogP contribution in [-0.2, 0) is 45.2 Å². The predicted octanol–water partition coefficient (Wildman–Crippen LogP) is 11.1. The molecule has 0 radical (unpaired) electrons. The first kappa shape index (κ1) is 45.4. The molecule has 0 aliphatic heterocycles. The van der Waals surface area contributed by atoms with Gasteiger partial charge in [-0.15, -0.1) is 0 Å². The maximum Gasteiger partial charge on any atom is 0.303 e. The minimum absolute atomic E-state index is 0.00416. The van der Waals surface area contributed by atoms with Crippen LogP contribution < -0.4 is 20.1 Å². The Labute approximate surface area is 354 Å². The third kappa shape index (κ3) is 16.7. The zero-order chi connectivity index (χ0) is 40.5. The Bertz CT molecular complexity index is 1950. The van der Waals surface area contributed by atoms with Crippen molar-refractivity contribution in [1.29, 1.82) is 0 Å². The van der Waals surface area contributed by atoms with E-state index >= 15 is 0 Å². The Morgan fingerprint density at radius 3 is 1.45 bits per heavy atom. The van der Waals surface area contributed by atoms with E-state index in [-0.39, 0.29) is 24.7 Å². The highest BCUT2D eigenvalue weighted by atomic mass is 79.9. The lowest BCUT2D eigenvalue weighted by molar-refractivity contribution is -0.138. The number of nitrogens with one attached hydrogen (secondary N) is 2. The maximum absolute atomic E-state index is 11.9. The molecule has 0 saturated carbocycles. The molecule has 292 valence electrons. The summed E-state index contributed by atoms with van der Waals surface area (Å²) in [6.45, 7) is 6.45. The lowest BCUT2D eigenvalue weighted by Crippen LogP contribution is -2.14. The largest absolute Gasteiger partial charge is 0.487 e. The summed E-state index contributed by atoms with van der Waals surface area (Å²) in [7, 11) is 0. The van der Waals surface area contributed by atoms with Crippen LogP contribution in [0.3, 0.4) is 0 Å². The number of anilines is 2. The van der Waals surface area contributed by atoms with Crippen LogP contribution in [-0.4, -0.2) is 34.0 Å². The van der Waals surface area contributed by atoms with E-state index in [1.54, 1.807) is 13.0 Å². The number of benzene rings is 4. The second-order valence-corrected chi connectivity index (χ2v) is 16.1. The van der Waals surface area contributed by atoms with E-state index in [4.69, 9.17) is 19.7 Å². The Morgan fingerprint density at radius 1 is 0.655 bits per heavy atom. The van der Waals surface area contributed by atoms with Gasteiger partial charge in [-0.1, -0.05) is 44.2 Å². The summed E-state index contributed by atoms with van der Waals surface area (Å²) in [5.41, 5.74) is 5.08. The molecular weight excluding hydrogens is 968 g/mol. The van der Waals surface area contributed by atoms with Crippen molar-refractivity contribution in [3.8, 4) is 11.5 Å². The number of hydrogen-bond donors (Lipinski definition) is 4. The number of aliphatic carboxylic acids is 2. The summed E-state index contributed by atoms with van der Waals surface area (Å²) in [5.74, 6) is -0.254. The van der Waals surface area contributed by atoms with Crippen molar-refractivity contribution in [2.45, 2.75) is 66.1 Å². The Hall–Kier alpha value is -3.98. The van der Waals surface area contributed by atoms with E-state index in [1.165, 1.54) is 6.08 Å². The van der Waals surface area contributed by atoms with Gasteiger partial charge in [-0.25, -0.2) is 0 Å². The van der Waals surface area contributed by atoms with Crippen molar-refractivity contribution in [1.82, 2.24) is 0 Å². The van der Waals surface area contributed by atoms with Crippen LogP contribution in [0.2, 0.25) is 0 Å². The number of amides is 2. The van der Waals surface area contributed by atoms with E-state index in [2.05, 4.69) is 74.4 Å². The molecule has 0 aromatic heterocycles. The molecular formula is C41H42Br4N2O8. The number of hydrogen-bond acceptors (Lipinski definition) is 6. The van der Waals surface area contributed by atoms with E-state index < -0.39 is 11.9 Å². The van der Waals surface area contributed by atoms with E-state index in [9.17, 15) is 19.2 Å². The van der Waals surface area contributed by atoms with Crippen molar-refractivity contribution < 1.29 is 38.9 Å². The third-order valence-corrected chi connectivity index (χ3v) is 9.81. The van der Waals surface area contributed by atoms with Crippen molar-refractivity contribution in [3.63, 3.8) is 0 Å². The second-order valence-electron chi connectivity index (χ2n) is 12.7. The van der Waals surface area contributed by atoms with Gasteiger partial charge in [0.05, 0.1) is 17.9 Å². The number of carboxylic acid groups (broad SMARTS) is 2. The van der Waals surface area contributed by atoms with Crippen LogP contribution in [0.15, 0.2) is 103 Å². The minimum Gasteiger partial charge on any atom is -0.487 e. The monoisotopic (exact) mass is 1010 g/mol. The van der Waals surface area contributed by atoms with E-state index in [1.807, 2.05) is 86.6 Å². The molecule has 55 heavy (non-hydrogen) atoms. The normalized spacial score (nSPS) is 10.8. The molecule has 0 heterocycles. The molecule has 0 atom stereocenters. The Balaban J connectivity index is 0.000000296. The van der Waals surface area contributed by atoms with Crippen LogP contribution >= 0.6 is 63.7 Å². The van der Waals surface area contributed by atoms with Crippen molar-refractivity contribution >= 4 is 98.8 Å². The van der Waals surface area contributed by atoms with Gasteiger partial charge in [0.2, 0.25) is 11.8 Å². The Kier molecular flexibility index (Phi) is 19.1. The van der Waals surface area contributed by atoms with E-state index in [0.717, 1.165) is 45.8 Å². The molecule has 0 saturated heterocycles. The highest BCUT2D eigenvalue weighted by Gasteiger charge is 2.13. The summed E-state index contributed by atoms with van der Waals surface area (Å²) in [5, 5.41) is 23.3. The second kappa shape index (κ2) is 23.2. The molecule has 14 heteroatoms. The summed E-state index contributed by atoms with van der Waals surface area (Å²) in [4.78, 5) is 45.0. The minimum atomic E-state index is -0.830. The van der Waals surface area contributed by atoms with Gasteiger partial charge in [-0.3, -0.25) is 19.2 Å². The smallest absolute Gasteiger partial charge is 0.303 e. The van der Waals surface area contributed by atoms with Gasteiger partial charge in [-0.05, 0) is 166 Å². The van der Waals surface area contributed by atoms with Gasteiger partial charge in [0.25, 0.3) is 0 Å². The predicted molar refractivity (Wildman–Crippen MR) is 229 cm³/mol. The first-order chi connectivity index (χ1) is 26.1. The fourth-order valence-corrected chi connectivity index (χ4v) is 8.02. The topological polar surface area (TPSA) is 151 Å². The first-order valence-corrected chi connectivity index (χ1v) is 20.4. The molecule has 4 aromatic carbocycles. The molecule has 2 amide bonds. The number of aryl methyl sites for hydroxylation is 2. The average Bonchev–Trinajstić information content (AvgIpc) is 3.09. The van der Waals surface area contributed by atoms with Crippen molar-refractivity contribution in [2.24, 2.45) is 5.92 Å². The molecule has 4 aromatic rings. The van der Waals surface area contributed by atoms with Gasteiger partial charge < -0.3 is 30.3 Å². The lowest BCUT2D eigenvalue weighted by Gasteiger charge is -2.13. The molecule has 4 rings (SSSR count). The highest BCUT2D eigenvalue weighted by molar-refractivity contribution is 9.11. The van der Waals surface area contributed by atoms with Crippen LogP contribution in [0.5, 0.6) is 11.5 Å². The zero-order valence-electron chi connectivity index (χ0n) is 30.5. The molecule has 10 nitrogen and oxygen atoms in total. The fourth-order valence-electron chi connectivity index (χ4n) is 5.00. The molecule has 0 aliphatic rings. The summed E-state index contributed by atoms with van der Waals surface area (Å²) >= 11 is 13.9. The van der Waals surface area contributed by atoms with Crippen LogP contribution in [0, 0.1) is 5.92 Å². The third-order valence-electron chi connectivity index (χ3n) is 7.45. The number of carbonyl (C=O) groups excluding carboxylic acids is 2. The van der Waals surface area contributed by atoms with Crippen LogP contribution in [0.4, 0.5) is 11.4 Å². The first-order valence-electron chi connectivity index (χ1n) is 17.2. The SMILES string of the molecule is C/C=C/C(=O)Nc1cccc(COc2c(Br)cc(CCC(=O)O)cc2Br)c1.CC(C)CC(=O)Nc1cccc(COc2c(Br)cc(CCC(=O)O)cc2Br)c1. The number of carboxylic acids is 2. The summed E-state index contributed by atoms with van der Waals surface area (Å²) in [6.07, 6.45) is 4.67. The zero-order valence-corrected chi connectivity index (χ0v) is 36.8. The molecule has 4 N–H and O–H groups in total. The fraction of sp³-hybridized carbons (Fsp3) is 0.268. The van der Waals surface area contributed by atoms with Gasteiger partial charge in [0, 0.05) is 30.6 Å². The van der Waals surface area contributed by atoms with Gasteiger partial charge in [0.15, 0.2) is 0 Å². The number of ether oxygens (including phenoxy) is 2. The number of halogens is 4. The molecule has 0 unspecified atom stereocenters. The number of rotatable bonds is 17. The quantitative estimate of drug-likeness (QED) is 0.0764. The van der Waals surface area contributed by atoms with Crippen LogP contribution in [0.25, 0.3) is 0 Å². The van der Waals surface area contributed by atoms with Gasteiger partial charge in [0.1, 0.15) is 24.7 Å². The summed E-state index contributed by atoms with van der Waals surface area (Å²) < 4.78 is 14.8. The van der Waals surface area contributed by atoms with E-state index in [0.29, 0.717) is 55.6 Å². The highest BCUT2D eigenvalue weighted by Crippen LogP contribution is 2.37. The molecule has 0 fully saturated rings. The number of allylic oxidation sites excluding steroid dienone is 1. The maximum atomic E-state index is 11.9. The summed E-state index contributed by atoms with van der Waals surface area (Å²) in [6, 6.07) is 22.4. The molecule has 0 aliphatic carbocycles. The molecule has 0 bridgehead atoms.